The number of fused-ring (bicyclic) bond motifs is 5. The molecular formula is C51H50BN3. The highest BCUT2D eigenvalue weighted by Crippen LogP contribution is 2.62. The molecule has 3 heterocycles. The fourth-order valence-electron chi connectivity index (χ4n) is 12.8. The molecule has 0 unspecified atom stereocenters. The standard InChI is InChI=1S/C51H50BN3/c1-32-21-45-48-46(22-32)55(43-18-12-11-17-40(43)51-29-33-23-34(30-51)25-35(24-33)31-51)49-42(28-47(50(2,3)4)54(49)39-15-9-6-10-16-39)52(48)41-26-36-19-20-37(36)27-44(41)53(45)38-13-7-5-8-14-38/h5-18,21-22,26-28,33-35H,19-20,23-25,29-31H2,1-4H3. The number of hydrogen-bond donors (Lipinski definition) is 0. The van der Waals surface area contributed by atoms with E-state index in [0.29, 0.717) is 0 Å². The van der Waals surface area contributed by atoms with Gasteiger partial charge in [0.15, 0.2) is 0 Å². The second kappa shape index (κ2) is 11.3. The van der Waals surface area contributed by atoms with Gasteiger partial charge in [0, 0.05) is 39.5 Å². The van der Waals surface area contributed by atoms with Crippen LogP contribution in [0.4, 0.5) is 34.3 Å². The largest absolute Gasteiger partial charge is 0.311 e. The molecule has 3 nitrogen and oxygen atoms in total. The van der Waals surface area contributed by atoms with Crippen molar-refractivity contribution in [2.24, 2.45) is 17.8 Å². The molecule has 0 atom stereocenters. The third-order valence-electron chi connectivity index (χ3n) is 14.7. The second-order valence-corrected chi connectivity index (χ2v) is 19.3. The van der Waals surface area contributed by atoms with Crippen molar-refractivity contribution in [2.75, 3.05) is 9.80 Å². The molecule has 5 aromatic carbocycles. The molecule has 7 aliphatic rings. The maximum atomic E-state index is 2.77. The molecule has 0 radical (unpaired) electrons. The van der Waals surface area contributed by atoms with E-state index in [2.05, 4.69) is 157 Å². The van der Waals surface area contributed by atoms with Crippen LogP contribution >= 0.6 is 0 Å². The van der Waals surface area contributed by atoms with Gasteiger partial charge in [-0.25, -0.2) is 0 Å². The van der Waals surface area contributed by atoms with Crippen LogP contribution in [0.15, 0.2) is 115 Å². The fraction of sp³-hybridized carbons (Fsp3) is 0.333. The summed E-state index contributed by atoms with van der Waals surface area (Å²) in [6, 6.07) is 44.8. The van der Waals surface area contributed by atoms with Gasteiger partial charge in [0.25, 0.3) is 6.71 Å². The van der Waals surface area contributed by atoms with E-state index in [0.717, 1.165) is 17.8 Å². The summed E-state index contributed by atoms with van der Waals surface area (Å²) in [6.07, 6.45) is 10.7. The summed E-state index contributed by atoms with van der Waals surface area (Å²) in [5, 5.41) is 0. The highest BCUT2D eigenvalue weighted by atomic mass is 15.3. The second-order valence-electron chi connectivity index (χ2n) is 19.3. The Balaban J connectivity index is 1.20. The number of aromatic nitrogens is 1. The van der Waals surface area contributed by atoms with E-state index in [1.54, 1.807) is 5.56 Å². The molecule has 4 bridgehead atoms. The van der Waals surface area contributed by atoms with Crippen molar-refractivity contribution in [3.63, 3.8) is 0 Å². The molecule has 4 saturated carbocycles. The van der Waals surface area contributed by atoms with Gasteiger partial charge in [-0.1, -0.05) is 81.4 Å². The van der Waals surface area contributed by atoms with Crippen LogP contribution in [0, 0.1) is 24.7 Å². The lowest BCUT2D eigenvalue weighted by atomic mass is 9.33. The van der Waals surface area contributed by atoms with Gasteiger partial charge in [-0.05, 0) is 175 Å². The van der Waals surface area contributed by atoms with Crippen LogP contribution in [-0.2, 0) is 23.7 Å². The normalized spacial score (nSPS) is 23.9. The van der Waals surface area contributed by atoms with Crippen LogP contribution in [0.3, 0.4) is 0 Å². The van der Waals surface area contributed by atoms with Crippen LogP contribution in [-0.4, -0.2) is 11.3 Å². The highest BCUT2D eigenvalue weighted by Gasteiger charge is 2.54. The first-order chi connectivity index (χ1) is 26.7. The van der Waals surface area contributed by atoms with Crippen molar-refractivity contribution in [1.82, 2.24) is 4.57 Å². The van der Waals surface area contributed by atoms with Gasteiger partial charge in [0.2, 0.25) is 0 Å². The Hall–Kier alpha value is -4.96. The number of para-hydroxylation sites is 3. The van der Waals surface area contributed by atoms with E-state index in [9.17, 15) is 0 Å². The van der Waals surface area contributed by atoms with Crippen LogP contribution in [0.1, 0.15) is 87.2 Å². The van der Waals surface area contributed by atoms with Gasteiger partial charge in [0.1, 0.15) is 5.82 Å². The third kappa shape index (κ3) is 4.57. The summed E-state index contributed by atoms with van der Waals surface area (Å²) in [4.78, 5) is 5.37. The Morgan fingerprint density at radius 1 is 0.582 bits per heavy atom. The molecule has 1 aromatic heterocycles. The molecular weight excluding hydrogens is 665 g/mol. The lowest BCUT2D eigenvalue weighted by Crippen LogP contribution is -2.61. The van der Waals surface area contributed by atoms with Crippen LogP contribution in [0.25, 0.3) is 5.69 Å². The Labute approximate surface area is 327 Å². The molecule has 4 fully saturated rings. The zero-order chi connectivity index (χ0) is 36.8. The van der Waals surface area contributed by atoms with E-state index in [4.69, 9.17) is 0 Å². The van der Waals surface area contributed by atoms with E-state index in [-0.39, 0.29) is 17.5 Å². The van der Waals surface area contributed by atoms with Gasteiger partial charge < -0.3 is 4.90 Å². The number of aryl methyl sites for hydroxylation is 3. The molecule has 55 heavy (non-hydrogen) atoms. The fourth-order valence-corrected chi connectivity index (χ4v) is 12.8. The molecule has 0 amide bonds. The van der Waals surface area contributed by atoms with Crippen molar-refractivity contribution in [1.29, 1.82) is 0 Å². The Bertz CT molecular complexity index is 2500. The van der Waals surface area contributed by atoms with E-state index in [1.165, 1.54) is 130 Å². The molecule has 0 spiro atoms. The molecule has 0 N–H and O–H groups in total. The van der Waals surface area contributed by atoms with Gasteiger partial charge >= 0.3 is 0 Å². The van der Waals surface area contributed by atoms with Crippen molar-refractivity contribution >= 4 is 57.4 Å². The predicted octanol–water partition coefficient (Wildman–Crippen LogP) is 10.7. The lowest BCUT2D eigenvalue weighted by Gasteiger charge is -2.58. The number of hydrogen-bond acceptors (Lipinski definition) is 2. The summed E-state index contributed by atoms with van der Waals surface area (Å²) >= 11 is 0. The minimum absolute atomic E-state index is 0.0861. The molecule has 5 aliphatic carbocycles. The number of benzene rings is 5. The molecule has 6 aromatic rings. The molecule has 2 aliphatic heterocycles. The topological polar surface area (TPSA) is 11.4 Å². The number of anilines is 6. The number of nitrogens with zero attached hydrogens (tertiary/aromatic N) is 3. The average molecular weight is 716 g/mol. The van der Waals surface area contributed by atoms with Gasteiger partial charge in [-0.3, -0.25) is 9.47 Å². The summed E-state index contributed by atoms with van der Waals surface area (Å²) in [6.45, 7) is 9.64. The van der Waals surface area contributed by atoms with Crippen molar-refractivity contribution in [2.45, 2.75) is 89.9 Å². The average Bonchev–Trinajstić information content (AvgIpc) is 3.57. The predicted molar refractivity (Wildman–Crippen MR) is 230 cm³/mol. The Morgan fingerprint density at radius 3 is 1.80 bits per heavy atom. The summed E-state index contributed by atoms with van der Waals surface area (Å²) in [5.41, 5.74) is 19.6. The molecule has 4 heteroatoms. The maximum absolute atomic E-state index is 2.77. The molecule has 272 valence electrons. The first-order valence-electron chi connectivity index (χ1n) is 21.1. The minimum Gasteiger partial charge on any atom is -0.311 e. The highest BCUT2D eigenvalue weighted by molar-refractivity contribution is 7.00. The zero-order valence-corrected chi connectivity index (χ0v) is 32.8. The van der Waals surface area contributed by atoms with Crippen LogP contribution in [0.5, 0.6) is 0 Å². The van der Waals surface area contributed by atoms with Crippen LogP contribution < -0.4 is 26.2 Å². The Morgan fingerprint density at radius 2 is 1.16 bits per heavy atom. The number of rotatable bonds is 4. The summed E-state index contributed by atoms with van der Waals surface area (Å²) < 4.78 is 2.65. The maximum Gasteiger partial charge on any atom is 0.254 e. The van der Waals surface area contributed by atoms with Crippen LogP contribution in [0.2, 0.25) is 0 Å². The minimum atomic E-state index is -0.0861. The van der Waals surface area contributed by atoms with Crippen molar-refractivity contribution in [3.8, 4) is 5.69 Å². The molecule has 0 saturated heterocycles. The monoisotopic (exact) mass is 715 g/mol. The first kappa shape index (κ1) is 32.3. The third-order valence-corrected chi connectivity index (χ3v) is 14.7. The Kier molecular flexibility index (Phi) is 6.64. The van der Waals surface area contributed by atoms with Crippen molar-refractivity contribution in [3.05, 3.63) is 143 Å². The SMILES string of the molecule is Cc1cc2c3c(c1)N(c1ccccc1C14CC5CC(CC(C5)C1)C4)c1c(cc(C(C)(C)C)n1-c1ccccc1)B3c1cc3c(cc1N2c1ccccc1)CC3. The van der Waals surface area contributed by atoms with Gasteiger partial charge in [-0.2, -0.15) is 0 Å². The van der Waals surface area contributed by atoms with Gasteiger partial charge in [0.05, 0.1) is 5.69 Å². The smallest absolute Gasteiger partial charge is 0.254 e. The first-order valence-corrected chi connectivity index (χ1v) is 21.1. The van der Waals surface area contributed by atoms with E-state index in [1.807, 2.05) is 0 Å². The summed E-state index contributed by atoms with van der Waals surface area (Å²) in [7, 11) is 0. The summed E-state index contributed by atoms with van der Waals surface area (Å²) in [5.74, 6) is 3.95. The van der Waals surface area contributed by atoms with E-state index >= 15 is 0 Å². The molecule has 13 rings (SSSR count). The van der Waals surface area contributed by atoms with E-state index < -0.39 is 0 Å². The quantitative estimate of drug-likeness (QED) is 0.168. The van der Waals surface area contributed by atoms with Gasteiger partial charge in [-0.15, -0.1) is 0 Å². The lowest BCUT2D eigenvalue weighted by molar-refractivity contribution is -0.00491. The zero-order valence-electron chi connectivity index (χ0n) is 32.8. The van der Waals surface area contributed by atoms with Crippen molar-refractivity contribution < 1.29 is 0 Å².